The first-order valence-electron chi connectivity index (χ1n) is 9.60. The standard InChI is InChI=1S/C21H24N4O4/c1-27-17-11-15-16(12-18(17)28-2)25(13-22-15)19-8-7-14(21(26)29-3)20(23-19)24-9-5-4-6-10-24/h7-8,11-13H,4-6,9-10H2,1-3H3. The first-order valence-corrected chi connectivity index (χ1v) is 9.60. The molecule has 152 valence electrons. The molecule has 1 saturated heterocycles. The largest absolute Gasteiger partial charge is 0.493 e. The maximum Gasteiger partial charge on any atom is 0.341 e. The lowest BCUT2D eigenvalue weighted by atomic mass is 10.1. The quantitative estimate of drug-likeness (QED) is 0.613. The van der Waals surface area contributed by atoms with Gasteiger partial charge in [0.1, 0.15) is 23.5 Å². The molecule has 1 aliphatic heterocycles. The predicted octanol–water partition coefficient (Wildman–Crippen LogP) is 3.21. The third-order valence-electron chi connectivity index (χ3n) is 5.22. The summed E-state index contributed by atoms with van der Waals surface area (Å²) in [4.78, 5) is 23.8. The highest BCUT2D eigenvalue weighted by molar-refractivity contribution is 5.95. The summed E-state index contributed by atoms with van der Waals surface area (Å²) in [6, 6.07) is 7.28. The van der Waals surface area contributed by atoms with Gasteiger partial charge in [-0.3, -0.25) is 4.57 Å². The lowest BCUT2D eigenvalue weighted by molar-refractivity contribution is 0.0601. The number of anilines is 1. The van der Waals surface area contributed by atoms with E-state index in [-0.39, 0.29) is 5.97 Å². The smallest absolute Gasteiger partial charge is 0.341 e. The van der Waals surface area contributed by atoms with E-state index in [0.717, 1.165) is 37.0 Å². The number of benzene rings is 1. The van der Waals surface area contributed by atoms with Crippen LogP contribution in [0.4, 0.5) is 5.82 Å². The number of esters is 1. The van der Waals surface area contributed by atoms with Crippen LogP contribution in [0, 0.1) is 0 Å². The van der Waals surface area contributed by atoms with Crippen LogP contribution in [0.15, 0.2) is 30.6 Å². The Bertz CT molecular complexity index is 1040. The third-order valence-corrected chi connectivity index (χ3v) is 5.22. The van der Waals surface area contributed by atoms with E-state index in [1.165, 1.54) is 13.5 Å². The van der Waals surface area contributed by atoms with Crippen molar-refractivity contribution in [3.05, 3.63) is 36.2 Å². The van der Waals surface area contributed by atoms with E-state index in [4.69, 9.17) is 19.2 Å². The van der Waals surface area contributed by atoms with Gasteiger partial charge in [0.2, 0.25) is 0 Å². The van der Waals surface area contributed by atoms with E-state index in [1.807, 2.05) is 16.7 Å². The molecule has 4 rings (SSSR count). The van der Waals surface area contributed by atoms with Crippen molar-refractivity contribution >= 4 is 22.8 Å². The number of fused-ring (bicyclic) bond motifs is 1. The van der Waals surface area contributed by atoms with Gasteiger partial charge in [0, 0.05) is 25.2 Å². The number of carbonyl (C=O) groups is 1. The van der Waals surface area contributed by atoms with Crippen LogP contribution in [-0.4, -0.2) is 54.9 Å². The maximum atomic E-state index is 12.3. The summed E-state index contributed by atoms with van der Waals surface area (Å²) in [5.74, 6) is 2.17. The normalized spacial score (nSPS) is 14.1. The molecule has 8 nitrogen and oxygen atoms in total. The second-order valence-electron chi connectivity index (χ2n) is 6.89. The minimum absolute atomic E-state index is 0.383. The number of rotatable bonds is 5. The molecule has 0 N–H and O–H groups in total. The lowest BCUT2D eigenvalue weighted by Gasteiger charge is -2.29. The van der Waals surface area contributed by atoms with E-state index in [1.54, 1.807) is 32.7 Å². The number of ether oxygens (including phenoxy) is 3. The fourth-order valence-corrected chi connectivity index (χ4v) is 3.71. The van der Waals surface area contributed by atoms with E-state index >= 15 is 0 Å². The summed E-state index contributed by atoms with van der Waals surface area (Å²) in [6.07, 6.45) is 5.07. The molecule has 0 saturated carbocycles. The van der Waals surface area contributed by atoms with Gasteiger partial charge in [0.05, 0.1) is 32.4 Å². The van der Waals surface area contributed by atoms with Gasteiger partial charge in [-0.15, -0.1) is 0 Å². The summed E-state index contributed by atoms with van der Waals surface area (Å²) >= 11 is 0. The Morgan fingerprint density at radius 1 is 1.00 bits per heavy atom. The van der Waals surface area contributed by atoms with Gasteiger partial charge in [-0.05, 0) is 31.4 Å². The van der Waals surface area contributed by atoms with E-state index < -0.39 is 0 Å². The van der Waals surface area contributed by atoms with E-state index in [2.05, 4.69) is 9.88 Å². The second-order valence-corrected chi connectivity index (χ2v) is 6.89. The average Bonchev–Trinajstić information content (AvgIpc) is 3.20. The molecule has 3 aromatic rings. The molecule has 1 aromatic carbocycles. The van der Waals surface area contributed by atoms with Gasteiger partial charge in [-0.25, -0.2) is 14.8 Å². The van der Waals surface area contributed by atoms with Gasteiger partial charge in [-0.2, -0.15) is 0 Å². The summed E-state index contributed by atoms with van der Waals surface area (Å²) in [5, 5.41) is 0. The monoisotopic (exact) mass is 396 g/mol. The molecule has 1 fully saturated rings. The summed E-state index contributed by atoms with van der Waals surface area (Å²) in [5.41, 5.74) is 2.08. The van der Waals surface area contributed by atoms with E-state index in [0.29, 0.717) is 28.7 Å². The van der Waals surface area contributed by atoms with Crippen molar-refractivity contribution in [3.63, 3.8) is 0 Å². The molecular formula is C21H24N4O4. The molecular weight excluding hydrogens is 372 g/mol. The van der Waals surface area contributed by atoms with Crippen molar-refractivity contribution < 1.29 is 19.0 Å². The number of piperidine rings is 1. The molecule has 8 heteroatoms. The Hall–Kier alpha value is -3.29. The molecule has 0 radical (unpaired) electrons. The highest BCUT2D eigenvalue weighted by Gasteiger charge is 2.22. The number of imidazole rings is 1. The van der Waals surface area contributed by atoms with Crippen molar-refractivity contribution in [1.29, 1.82) is 0 Å². The first kappa shape index (κ1) is 19.0. The van der Waals surface area contributed by atoms with Crippen molar-refractivity contribution in [2.75, 3.05) is 39.3 Å². The molecule has 0 bridgehead atoms. The van der Waals surface area contributed by atoms with Crippen LogP contribution in [0.25, 0.3) is 16.9 Å². The number of nitrogens with zero attached hydrogens (tertiary/aromatic N) is 4. The topological polar surface area (TPSA) is 78.7 Å². The predicted molar refractivity (Wildman–Crippen MR) is 109 cm³/mol. The van der Waals surface area contributed by atoms with Gasteiger partial charge < -0.3 is 19.1 Å². The van der Waals surface area contributed by atoms with Crippen LogP contribution < -0.4 is 14.4 Å². The van der Waals surface area contributed by atoms with Crippen LogP contribution in [-0.2, 0) is 4.74 Å². The van der Waals surface area contributed by atoms with Gasteiger partial charge in [-0.1, -0.05) is 0 Å². The SMILES string of the molecule is COC(=O)c1ccc(-n2cnc3cc(OC)c(OC)cc32)nc1N1CCCCC1. The zero-order valence-electron chi connectivity index (χ0n) is 16.8. The summed E-state index contributed by atoms with van der Waals surface area (Å²) < 4.78 is 17.6. The minimum Gasteiger partial charge on any atom is -0.493 e. The van der Waals surface area contributed by atoms with Crippen LogP contribution in [0.1, 0.15) is 29.6 Å². The second kappa shape index (κ2) is 7.98. The Labute approximate surface area is 169 Å². The van der Waals surface area contributed by atoms with Crippen molar-refractivity contribution in [2.24, 2.45) is 0 Å². The number of carbonyl (C=O) groups excluding carboxylic acids is 1. The Balaban J connectivity index is 1.83. The fraction of sp³-hybridized carbons (Fsp3) is 0.381. The van der Waals surface area contributed by atoms with E-state index in [9.17, 15) is 4.79 Å². The van der Waals surface area contributed by atoms with Gasteiger partial charge >= 0.3 is 5.97 Å². The van der Waals surface area contributed by atoms with Gasteiger partial charge in [0.15, 0.2) is 11.5 Å². The maximum absolute atomic E-state index is 12.3. The lowest BCUT2D eigenvalue weighted by Crippen LogP contribution is -2.32. The van der Waals surface area contributed by atoms with Crippen molar-refractivity contribution in [1.82, 2.24) is 14.5 Å². The molecule has 0 spiro atoms. The molecule has 0 atom stereocenters. The zero-order chi connectivity index (χ0) is 20.4. The van der Waals surface area contributed by atoms with Crippen molar-refractivity contribution in [3.8, 4) is 17.3 Å². The van der Waals surface area contributed by atoms with Gasteiger partial charge in [0.25, 0.3) is 0 Å². The van der Waals surface area contributed by atoms with Crippen LogP contribution in [0.3, 0.4) is 0 Å². The fourth-order valence-electron chi connectivity index (χ4n) is 3.71. The first-order chi connectivity index (χ1) is 14.2. The van der Waals surface area contributed by atoms with Crippen LogP contribution >= 0.6 is 0 Å². The Kier molecular flexibility index (Phi) is 5.24. The minimum atomic E-state index is -0.383. The number of methoxy groups -OCH3 is 3. The molecule has 3 heterocycles. The Morgan fingerprint density at radius 2 is 1.72 bits per heavy atom. The number of aromatic nitrogens is 3. The molecule has 0 aliphatic carbocycles. The van der Waals surface area contributed by atoms with Crippen molar-refractivity contribution in [2.45, 2.75) is 19.3 Å². The summed E-state index contributed by atoms with van der Waals surface area (Å²) in [7, 11) is 4.58. The Morgan fingerprint density at radius 3 is 2.41 bits per heavy atom. The third kappa shape index (κ3) is 3.46. The number of hydrogen-bond donors (Lipinski definition) is 0. The molecule has 0 unspecified atom stereocenters. The summed E-state index contributed by atoms with van der Waals surface area (Å²) in [6.45, 7) is 1.74. The van der Waals surface area contributed by atoms with Crippen LogP contribution in [0.5, 0.6) is 11.5 Å². The molecule has 2 aromatic heterocycles. The van der Waals surface area contributed by atoms with Crippen LogP contribution in [0.2, 0.25) is 0 Å². The number of pyridine rings is 1. The zero-order valence-corrected chi connectivity index (χ0v) is 16.8. The number of hydrogen-bond acceptors (Lipinski definition) is 7. The highest BCUT2D eigenvalue weighted by Crippen LogP contribution is 2.33. The highest BCUT2D eigenvalue weighted by atomic mass is 16.5. The molecule has 1 aliphatic rings. The molecule has 29 heavy (non-hydrogen) atoms. The average molecular weight is 396 g/mol. The molecule has 0 amide bonds.